The molecular formula is C33H18N4S2. The van der Waals surface area contributed by atoms with E-state index in [4.69, 9.17) is 9.97 Å². The molecule has 5 aromatic heterocycles. The van der Waals surface area contributed by atoms with E-state index >= 15 is 0 Å². The van der Waals surface area contributed by atoms with Gasteiger partial charge < -0.3 is 0 Å². The molecule has 182 valence electrons. The van der Waals surface area contributed by atoms with Gasteiger partial charge in [-0.3, -0.25) is 9.55 Å². The van der Waals surface area contributed by atoms with E-state index in [9.17, 15) is 0 Å². The van der Waals surface area contributed by atoms with Crippen molar-refractivity contribution in [3.05, 3.63) is 109 Å². The Bertz CT molecular complexity index is 2400. The quantitative estimate of drug-likeness (QED) is 0.208. The molecule has 5 heterocycles. The molecule has 0 atom stereocenters. The molecule has 9 aromatic rings. The summed E-state index contributed by atoms with van der Waals surface area (Å²) in [5, 5.41) is 5.91. The van der Waals surface area contributed by atoms with E-state index in [1.807, 2.05) is 34.9 Å². The van der Waals surface area contributed by atoms with Crippen molar-refractivity contribution in [2.45, 2.75) is 0 Å². The topological polar surface area (TPSA) is 43.6 Å². The molecule has 0 N–H and O–H groups in total. The number of aromatic nitrogens is 4. The smallest absolute Gasteiger partial charge is 0.235 e. The van der Waals surface area contributed by atoms with Crippen LogP contribution < -0.4 is 0 Å². The van der Waals surface area contributed by atoms with Crippen molar-refractivity contribution in [2.24, 2.45) is 0 Å². The minimum atomic E-state index is 0.681. The van der Waals surface area contributed by atoms with E-state index < -0.39 is 0 Å². The summed E-state index contributed by atoms with van der Waals surface area (Å²) in [6, 6.07) is 34.1. The lowest BCUT2D eigenvalue weighted by Gasteiger charge is -2.13. The molecule has 6 heteroatoms. The number of nitrogens with zero attached hydrogens (tertiary/aromatic N) is 4. The second kappa shape index (κ2) is 7.93. The van der Waals surface area contributed by atoms with Gasteiger partial charge in [-0.15, -0.1) is 22.7 Å². The highest BCUT2D eigenvalue weighted by atomic mass is 32.1. The third-order valence-electron chi connectivity index (χ3n) is 7.51. The van der Waals surface area contributed by atoms with Gasteiger partial charge in [0.25, 0.3) is 0 Å². The fourth-order valence-corrected chi connectivity index (χ4v) is 8.58. The Morgan fingerprint density at radius 1 is 0.615 bits per heavy atom. The Morgan fingerprint density at radius 2 is 1.44 bits per heavy atom. The molecule has 4 nitrogen and oxygen atoms in total. The first-order chi connectivity index (χ1) is 19.3. The first-order valence-corrected chi connectivity index (χ1v) is 14.4. The van der Waals surface area contributed by atoms with Crippen LogP contribution in [0.3, 0.4) is 0 Å². The van der Waals surface area contributed by atoms with Crippen molar-refractivity contribution in [1.82, 2.24) is 19.5 Å². The van der Waals surface area contributed by atoms with Crippen molar-refractivity contribution >= 4 is 85.0 Å². The van der Waals surface area contributed by atoms with Gasteiger partial charge in [-0.1, -0.05) is 66.7 Å². The van der Waals surface area contributed by atoms with E-state index in [0.29, 0.717) is 5.95 Å². The molecule has 0 bridgehead atoms. The molecule has 9 rings (SSSR count). The molecule has 4 aromatic carbocycles. The van der Waals surface area contributed by atoms with Crippen molar-refractivity contribution < 1.29 is 0 Å². The third kappa shape index (κ3) is 2.95. The zero-order valence-electron chi connectivity index (χ0n) is 20.5. The average molecular weight is 535 g/mol. The lowest BCUT2D eigenvalue weighted by Crippen LogP contribution is -2.03. The predicted octanol–water partition coefficient (Wildman–Crippen LogP) is 9.37. The Labute approximate surface area is 230 Å². The maximum Gasteiger partial charge on any atom is 0.235 e. The molecule has 0 saturated carbocycles. The maximum atomic E-state index is 5.33. The highest BCUT2D eigenvalue weighted by Crippen LogP contribution is 2.48. The van der Waals surface area contributed by atoms with Crippen LogP contribution in [0.1, 0.15) is 0 Å². The van der Waals surface area contributed by atoms with Gasteiger partial charge in [0.05, 0.1) is 36.3 Å². The monoisotopic (exact) mass is 534 g/mol. The van der Waals surface area contributed by atoms with Crippen LogP contribution in [0.15, 0.2) is 109 Å². The van der Waals surface area contributed by atoms with Gasteiger partial charge in [0.1, 0.15) is 0 Å². The molecular weight excluding hydrogens is 517 g/mol. The zero-order chi connectivity index (χ0) is 25.5. The summed E-state index contributed by atoms with van der Waals surface area (Å²) in [6.07, 6.45) is 3.70. The summed E-state index contributed by atoms with van der Waals surface area (Å²) < 4.78 is 7.48. The molecule has 0 aliphatic carbocycles. The first kappa shape index (κ1) is 21.3. The van der Waals surface area contributed by atoms with Crippen LogP contribution >= 0.6 is 22.7 Å². The van der Waals surface area contributed by atoms with Gasteiger partial charge in [0.15, 0.2) is 0 Å². The van der Waals surface area contributed by atoms with Gasteiger partial charge in [-0.05, 0) is 41.1 Å². The molecule has 0 aliphatic heterocycles. The Hall–Kier alpha value is -4.65. The average Bonchev–Trinajstić information content (AvgIpc) is 3.64. The summed E-state index contributed by atoms with van der Waals surface area (Å²) in [7, 11) is 0. The minimum Gasteiger partial charge on any atom is -0.276 e. The van der Waals surface area contributed by atoms with E-state index in [1.165, 1.54) is 40.5 Å². The summed E-state index contributed by atoms with van der Waals surface area (Å²) in [5.74, 6) is 0.681. The molecule has 0 radical (unpaired) electrons. The summed E-state index contributed by atoms with van der Waals surface area (Å²) in [4.78, 5) is 15.0. The van der Waals surface area contributed by atoms with Gasteiger partial charge in [0.2, 0.25) is 5.95 Å². The fraction of sp³-hybridized carbons (Fsp3) is 0. The third-order valence-corrected chi connectivity index (χ3v) is 10.1. The number of thiophene rings is 2. The molecule has 0 fully saturated rings. The minimum absolute atomic E-state index is 0.681. The Kier molecular flexibility index (Phi) is 4.33. The molecule has 0 saturated heterocycles. The Morgan fingerprint density at radius 3 is 2.33 bits per heavy atom. The van der Waals surface area contributed by atoms with Gasteiger partial charge >= 0.3 is 0 Å². The normalized spacial score (nSPS) is 12.1. The van der Waals surface area contributed by atoms with Crippen molar-refractivity contribution in [3.8, 4) is 17.2 Å². The maximum absolute atomic E-state index is 5.33. The number of benzene rings is 4. The van der Waals surface area contributed by atoms with Crippen molar-refractivity contribution in [3.63, 3.8) is 0 Å². The predicted molar refractivity (Wildman–Crippen MR) is 165 cm³/mol. The molecule has 39 heavy (non-hydrogen) atoms. The van der Waals surface area contributed by atoms with Crippen molar-refractivity contribution in [2.75, 3.05) is 0 Å². The number of hydrogen-bond donors (Lipinski definition) is 0. The van der Waals surface area contributed by atoms with E-state index in [1.54, 1.807) is 6.20 Å². The first-order valence-electron chi connectivity index (χ1n) is 12.8. The second-order valence-electron chi connectivity index (χ2n) is 9.68. The molecule has 0 spiro atoms. The van der Waals surface area contributed by atoms with Crippen LogP contribution in [0.2, 0.25) is 0 Å². The van der Waals surface area contributed by atoms with E-state index in [-0.39, 0.29) is 0 Å². The largest absolute Gasteiger partial charge is 0.276 e. The molecule has 0 aliphatic rings. The van der Waals surface area contributed by atoms with Gasteiger partial charge in [0, 0.05) is 38.8 Å². The van der Waals surface area contributed by atoms with Crippen molar-refractivity contribution in [1.29, 1.82) is 0 Å². The van der Waals surface area contributed by atoms with Crippen LogP contribution in [-0.2, 0) is 0 Å². The number of rotatable bonds is 2. The second-order valence-corrected chi connectivity index (χ2v) is 11.8. The fourth-order valence-electron chi connectivity index (χ4n) is 5.81. The van der Waals surface area contributed by atoms with E-state index in [0.717, 1.165) is 33.1 Å². The summed E-state index contributed by atoms with van der Waals surface area (Å²) in [6.45, 7) is 0. The lowest BCUT2D eigenvalue weighted by atomic mass is 10.0. The number of fused-ring (bicyclic) bond motifs is 10. The highest BCUT2D eigenvalue weighted by molar-refractivity contribution is 7.37. The summed E-state index contributed by atoms with van der Waals surface area (Å²) in [5.41, 5.74) is 5.11. The van der Waals surface area contributed by atoms with Gasteiger partial charge in [-0.2, -0.15) is 0 Å². The number of para-hydroxylation sites is 1. The standard InChI is InChI=1S/C33H18N4S2/c1-2-10-21-19(8-1)15-16-24-27(21)28(20-9-7-17-34-18-20)36-33(35-24)37-25-13-5-3-11-22(25)30-29(37)32-31(39-30)23-12-4-6-14-26(23)38-32/h1-18H. The number of hydrogen-bond acceptors (Lipinski definition) is 5. The molecule has 0 unspecified atom stereocenters. The van der Waals surface area contributed by atoms with Crippen LogP contribution in [0.4, 0.5) is 0 Å². The van der Waals surface area contributed by atoms with Crippen LogP contribution in [0.5, 0.6) is 0 Å². The van der Waals surface area contributed by atoms with Gasteiger partial charge in [-0.25, -0.2) is 9.97 Å². The van der Waals surface area contributed by atoms with Crippen LogP contribution in [0, 0.1) is 0 Å². The molecule has 0 amide bonds. The summed E-state index contributed by atoms with van der Waals surface area (Å²) >= 11 is 3.72. The van der Waals surface area contributed by atoms with Crippen LogP contribution in [-0.4, -0.2) is 19.5 Å². The van der Waals surface area contributed by atoms with E-state index in [2.05, 4.69) is 101 Å². The lowest BCUT2D eigenvalue weighted by molar-refractivity contribution is 1.02. The Balaban J connectivity index is 1.47. The van der Waals surface area contributed by atoms with Crippen LogP contribution in [0.25, 0.3) is 79.5 Å². The SMILES string of the molecule is c1cncc(-c2nc(-n3c4ccccc4c4sc5c6ccccc6sc5c43)nc3ccc4ccccc4c23)c1. The number of pyridine rings is 1. The highest BCUT2D eigenvalue weighted by Gasteiger charge is 2.23. The zero-order valence-corrected chi connectivity index (χ0v) is 22.1.